The Labute approximate surface area is 108 Å². The van der Waals surface area contributed by atoms with Gasteiger partial charge in [0.25, 0.3) is 0 Å². The van der Waals surface area contributed by atoms with Gasteiger partial charge in [-0.25, -0.2) is 9.97 Å². The summed E-state index contributed by atoms with van der Waals surface area (Å²) in [5.41, 5.74) is 0. The van der Waals surface area contributed by atoms with E-state index in [4.69, 9.17) is 0 Å². The average Bonchev–Trinajstić information content (AvgIpc) is 2.41. The third kappa shape index (κ3) is 3.52. The zero-order valence-corrected chi connectivity index (χ0v) is 11.0. The Bertz CT molecular complexity index is 388. The summed E-state index contributed by atoms with van der Waals surface area (Å²) in [4.78, 5) is 21.2. The quantitative estimate of drug-likeness (QED) is 0.751. The molecule has 1 amide bonds. The fraction of sp³-hybridized carbons (Fsp3) is 0.643. The lowest BCUT2D eigenvalue weighted by atomic mass is 9.87. The van der Waals surface area contributed by atoms with Crippen molar-refractivity contribution in [2.45, 2.75) is 45.4 Å². The monoisotopic (exact) mass is 247 g/mol. The van der Waals surface area contributed by atoms with Gasteiger partial charge in [0.2, 0.25) is 6.41 Å². The van der Waals surface area contributed by atoms with Gasteiger partial charge in [0.1, 0.15) is 11.6 Å². The van der Waals surface area contributed by atoms with Gasteiger partial charge in [-0.2, -0.15) is 0 Å². The first-order valence-corrected chi connectivity index (χ1v) is 6.81. The van der Waals surface area contributed by atoms with Crippen LogP contribution in [-0.2, 0) is 4.79 Å². The van der Waals surface area contributed by atoms with Crippen LogP contribution in [-0.4, -0.2) is 22.9 Å². The molecule has 0 aliphatic heterocycles. The number of rotatable bonds is 5. The van der Waals surface area contributed by atoms with Crippen molar-refractivity contribution < 1.29 is 4.79 Å². The second-order valence-corrected chi connectivity index (χ2v) is 5.05. The minimum absolute atomic E-state index is 0.706. The maximum atomic E-state index is 11.2. The van der Waals surface area contributed by atoms with Gasteiger partial charge < -0.3 is 0 Å². The molecule has 1 aromatic rings. The third-order valence-electron chi connectivity index (χ3n) is 3.69. The van der Waals surface area contributed by atoms with E-state index in [9.17, 15) is 4.79 Å². The fourth-order valence-electron chi connectivity index (χ4n) is 2.62. The lowest BCUT2D eigenvalue weighted by Crippen LogP contribution is -2.26. The van der Waals surface area contributed by atoms with Crippen LogP contribution in [0.25, 0.3) is 0 Å². The van der Waals surface area contributed by atoms with E-state index < -0.39 is 0 Å². The molecule has 0 unspecified atom stereocenters. The number of carbonyl (C=O) groups excluding carboxylic acids is 1. The Kier molecular flexibility index (Phi) is 4.67. The van der Waals surface area contributed by atoms with Gasteiger partial charge in [0, 0.05) is 12.7 Å². The van der Waals surface area contributed by atoms with E-state index in [1.807, 2.05) is 6.92 Å². The number of hydrogen-bond acceptors (Lipinski definition) is 3. The van der Waals surface area contributed by atoms with Crippen LogP contribution in [0, 0.1) is 12.8 Å². The first-order valence-electron chi connectivity index (χ1n) is 6.81. The van der Waals surface area contributed by atoms with Crippen molar-refractivity contribution in [3.05, 3.63) is 18.1 Å². The summed E-state index contributed by atoms with van der Waals surface area (Å²) in [6.45, 7) is 2.61. The highest BCUT2D eigenvalue weighted by Gasteiger charge is 2.15. The molecule has 1 aliphatic rings. The largest absolute Gasteiger partial charge is 0.299 e. The Morgan fingerprint density at radius 2 is 2.17 bits per heavy atom. The van der Waals surface area contributed by atoms with E-state index in [2.05, 4.69) is 9.97 Å². The first kappa shape index (κ1) is 13.0. The van der Waals surface area contributed by atoms with Crippen molar-refractivity contribution in [1.82, 2.24) is 9.97 Å². The van der Waals surface area contributed by atoms with Gasteiger partial charge in [0.05, 0.1) is 0 Å². The van der Waals surface area contributed by atoms with Gasteiger partial charge >= 0.3 is 0 Å². The van der Waals surface area contributed by atoms with Crippen molar-refractivity contribution in [2.75, 3.05) is 11.4 Å². The van der Waals surface area contributed by atoms with Gasteiger partial charge in [-0.1, -0.05) is 32.1 Å². The number of anilines is 1. The highest BCUT2D eigenvalue weighted by atomic mass is 16.1. The Morgan fingerprint density at radius 1 is 1.39 bits per heavy atom. The molecule has 0 N–H and O–H groups in total. The summed E-state index contributed by atoms with van der Waals surface area (Å²) in [7, 11) is 0. The first-order chi connectivity index (χ1) is 8.79. The van der Waals surface area contributed by atoms with Gasteiger partial charge in [-0.15, -0.1) is 0 Å². The summed E-state index contributed by atoms with van der Waals surface area (Å²) >= 11 is 0. The highest BCUT2D eigenvalue weighted by molar-refractivity contribution is 5.72. The summed E-state index contributed by atoms with van der Waals surface area (Å²) in [6, 6.07) is 1.79. The van der Waals surface area contributed by atoms with E-state index >= 15 is 0 Å². The molecule has 1 fully saturated rings. The molecule has 0 spiro atoms. The smallest absolute Gasteiger partial charge is 0.215 e. The Morgan fingerprint density at radius 3 is 2.83 bits per heavy atom. The molecule has 0 aromatic carbocycles. The third-order valence-corrected chi connectivity index (χ3v) is 3.69. The van der Waals surface area contributed by atoms with E-state index in [-0.39, 0.29) is 0 Å². The molecule has 4 nitrogen and oxygen atoms in total. The molecule has 1 heterocycles. The fourth-order valence-corrected chi connectivity index (χ4v) is 2.62. The molecule has 1 saturated carbocycles. The van der Waals surface area contributed by atoms with Crippen LogP contribution in [0.1, 0.15) is 44.3 Å². The average molecular weight is 247 g/mol. The number of hydrogen-bond donors (Lipinski definition) is 0. The Balaban J connectivity index is 1.90. The second-order valence-electron chi connectivity index (χ2n) is 5.05. The lowest BCUT2D eigenvalue weighted by Gasteiger charge is -2.24. The second kappa shape index (κ2) is 6.47. The molecule has 18 heavy (non-hydrogen) atoms. The van der Waals surface area contributed by atoms with Crippen LogP contribution in [0.3, 0.4) is 0 Å². The molecular formula is C14H21N3O. The standard InChI is InChI=1S/C14H21N3O/c1-12-15-9-7-14(16-12)17(11-18)10-8-13-5-3-2-4-6-13/h7,9,11,13H,2-6,8,10H2,1H3. The predicted molar refractivity (Wildman–Crippen MR) is 71.4 cm³/mol. The minimum Gasteiger partial charge on any atom is -0.299 e. The molecule has 1 aromatic heterocycles. The van der Waals surface area contributed by atoms with Crippen LogP contribution in [0.2, 0.25) is 0 Å². The number of amides is 1. The molecule has 2 rings (SSSR count). The van der Waals surface area contributed by atoms with Gasteiger partial charge in [-0.05, 0) is 25.3 Å². The molecule has 98 valence electrons. The topological polar surface area (TPSA) is 46.1 Å². The predicted octanol–water partition coefficient (Wildman–Crippen LogP) is 2.72. The van der Waals surface area contributed by atoms with Gasteiger partial charge in [0.15, 0.2) is 0 Å². The summed E-state index contributed by atoms with van der Waals surface area (Å²) in [5.74, 6) is 2.20. The molecule has 4 heteroatoms. The van der Waals surface area contributed by atoms with E-state index in [0.717, 1.165) is 25.3 Å². The van der Waals surface area contributed by atoms with Crippen LogP contribution < -0.4 is 4.90 Å². The minimum atomic E-state index is 0.706. The normalized spacial score (nSPS) is 16.5. The lowest BCUT2D eigenvalue weighted by molar-refractivity contribution is -0.107. The highest BCUT2D eigenvalue weighted by Crippen LogP contribution is 2.26. The molecule has 0 bridgehead atoms. The van der Waals surface area contributed by atoms with Gasteiger partial charge in [-0.3, -0.25) is 9.69 Å². The van der Waals surface area contributed by atoms with E-state index in [1.165, 1.54) is 32.1 Å². The van der Waals surface area contributed by atoms with Crippen LogP contribution in [0.4, 0.5) is 5.82 Å². The van der Waals surface area contributed by atoms with E-state index in [0.29, 0.717) is 11.6 Å². The number of nitrogens with zero attached hydrogens (tertiary/aromatic N) is 3. The number of carbonyl (C=O) groups is 1. The van der Waals surface area contributed by atoms with Crippen LogP contribution >= 0.6 is 0 Å². The number of aromatic nitrogens is 2. The maximum absolute atomic E-state index is 11.2. The maximum Gasteiger partial charge on any atom is 0.215 e. The number of aryl methyl sites for hydroxylation is 1. The van der Waals surface area contributed by atoms with Crippen molar-refractivity contribution in [2.24, 2.45) is 5.92 Å². The molecule has 0 radical (unpaired) electrons. The molecule has 0 atom stereocenters. The van der Waals surface area contributed by atoms with Crippen molar-refractivity contribution in [3.63, 3.8) is 0 Å². The van der Waals surface area contributed by atoms with E-state index in [1.54, 1.807) is 17.2 Å². The van der Waals surface area contributed by atoms with Crippen LogP contribution in [0.5, 0.6) is 0 Å². The van der Waals surface area contributed by atoms with Crippen LogP contribution in [0.15, 0.2) is 12.3 Å². The SMILES string of the molecule is Cc1nccc(N(C=O)CCC2CCCCC2)n1. The summed E-state index contributed by atoms with van der Waals surface area (Å²) in [5, 5.41) is 0. The Hall–Kier alpha value is -1.45. The van der Waals surface area contributed by atoms with Crippen molar-refractivity contribution >= 4 is 12.2 Å². The van der Waals surface area contributed by atoms with Crippen molar-refractivity contribution in [3.8, 4) is 0 Å². The zero-order chi connectivity index (χ0) is 12.8. The molecular weight excluding hydrogens is 226 g/mol. The van der Waals surface area contributed by atoms with Crippen molar-refractivity contribution in [1.29, 1.82) is 0 Å². The summed E-state index contributed by atoms with van der Waals surface area (Å²) in [6.07, 6.45) is 10.4. The zero-order valence-electron chi connectivity index (χ0n) is 11.0. The molecule has 1 aliphatic carbocycles. The molecule has 0 saturated heterocycles. The summed E-state index contributed by atoms with van der Waals surface area (Å²) < 4.78 is 0.